The first-order chi connectivity index (χ1) is 16.4. The van der Waals surface area contributed by atoms with Crippen molar-refractivity contribution in [1.82, 2.24) is 5.32 Å². The zero-order chi connectivity index (χ0) is 24.0. The number of carbonyl (C=O) groups is 1. The van der Waals surface area contributed by atoms with E-state index in [9.17, 15) is 9.90 Å². The van der Waals surface area contributed by atoms with Crippen LogP contribution < -0.4 is 14.8 Å². The summed E-state index contributed by atoms with van der Waals surface area (Å²) < 4.78 is 11.7. The van der Waals surface area contributed by atoms with E-state index in [0.717, 1.165) is 13.0 Å². The maximum atomic E-state index is 12.3. The van der Waals surface area contributed by atoms with Gasteiger partial charge in [0.1, 0.15) is 29.8 Å². The van der Waals surface area contributed by atoms with Crippen LogP contribution in [0.3, 0.4) is 0 Å². The molecule has 0 aliphatic carbocycles. The van der Waals surface area contributed by atoms with Gasteiger partial charge in [-0.15, -0.1) is 0 Å². The second-order valence-electron chi connectivity index (χ2n) is 9.45. The normalized spacial score (nSPS) is 15.5. The predicted octanol–water partition coefficient (Wildman–Crippen LogP) is 4.98. The molecule has 4 rings (SSSR count). The fourth-order valence-electron chi connectivity index (χ4n) is 4.39. The van der Waals surface area contributed by atoms with E-state index in [1.807, 2.05) is 26.0 Å². The molecule has 5 nitrogen and oxygen atoms in total. The third kappa shape index (κ3) is 6.25. The van der Waals surface area contributed by atoms with Crippen molar-refractivity contribution in [2.75, 3.05) is 19.7 Å². The highest BCUT2D eigenvalue weighted by molar-refractivity contribution is 6.00. The van der Waals surface area contributed by atoms with E-state index >= 15 is 0 Å². The first-order valence-electron chi connectivity index (χ1n) is 11.9. The van der Waals surface area contributed by atoms with Gasteiger partial charge in [0, 0.05) is 18.5 Å². The molecule has 0 unspecified atom stereocenters. The summed E-state index contributed by atoms with van der Waals surface area (Å²) in [6, 6.07) is 26.2. The van der Waals surface area contributed by atoms with Gasteiger partial charge in [0.2, 0.25) is 0 Å². The maximum Gasteiger partial charge on any atom is 0.170 e. The first kappa shape index (κ1) is 24.0. The lowest BCUT2D eigenvalue weighted by atomic mass is 9.88. The number of hydrogen-bond donors (Lipinski definition) is 2. The summed E-state index contributed by atoms with van der Waals surface area (Å²) in [6.07, 6.45) is 0.634. The van der Waals surface area contributed by atoms with Gasteiger partial charge in [0.15, 0.2) is 5.78 Å². The van der Waals surface area contributed by atoms with E-state index in [2.05, 4.69) is 53.8 Å². The Balaban J connectivity index is 1.26. The fourth-order valence-corrected chi connectivity index (χ4v) is 4.39. The molecule has 0 saturated heterocycles. The Hall–Kier alpha value is -3.15. The Labute approximate surface area is 201 Å². The SMILES string of the molecule is CC1(C)CC(=O)c2ccc(OC[C@H](O)CNCCC(c3ccccc3)c3ccccc3)cc2O1. The summed E-state index contributed by atoms with van der Waals surface area (Å²) in [5.41, 5.74) is 2.63. The van der Waals surface area contributed by atoms with Crippen molar-refractivity contribution < 1.29 is 19.4 Å². The van der Waals surface area contributed by atoms with Gasteiger partial charge in [0.25, 0.3) is 0 Å². The van der Waals surface area contributed by atoms with Gasteiger partial charge in [0.05, 0.1) is 12.0 Å². The highest BCUT2D eigenvalue weighted by Crippen LogP contribution is 2.35. The third-order valence-corrected chi connectivity index (χ3v) is 6.06. The van der Waals surface area contributed by atoms with Crippen molar-refractivity contribution >= 4 is 5.78 Å². The van der Waals surface area contributed by atoms with Crippen molar-refractivity contribution in [1.29, 1.82) is 0 Å². The van der Waals surface area contributed by atoms with Crippen LogP contribution >= 0.6 is 0 Å². The average Bonchev–Trinajstić information content (AvgIpc) is 2.83. The van der Waals surface area contributed by atoms with Gasteiger partial charge < -0.3 is 19.9 Å². The van der Waals surface area contributed by atoms with Crippen molar-refractivity contribution in [2.45, 2.75) is 44.3 Å². The predicted molar refractivity (Wildman–Crippen MR) is 134 cm³/mol. The van der Waals surface area contributed by atoms with Crippen LogP contribution in [0.4, 0.5) is 0 Å². The van der Waals surface area contributed by atoms with Crippen molar-refractivity contribution in [3.8, 4) is 11.5 Å². The van der Waals surface area contributed by atoms with Gasteiger partial charge in [-0.05, 0) is 50.1 Å². The third-order valence-electron chi connectivity index (χ3n) is 6.06. The van der Waals surface area contributed by atoms with Gasteiger partial charge in [-0.1, -0.05) is 60.7 Å². The number of fused-ring (bicyclic) bond motifs is 1. The smallest absolute Gasteiger partial charge is 0.170 e. The summed E-state index contributed by atoms with van der Waals surface area (Å²) in [5, 5.41) is 13.8. The largest absolute Gasteiger partial charge is 0.491 e. The van der Waals surface area contributed by atoms with Crippen LogP contribution in [0, 0.1) is 0 Å². The maximum absolute atomic E-state index is 12.3. The van der Waals surface area contributed by atoms with Gasteiger partial charge in [-0.3, -0.25) is 4.79 Å². The number of aliphatic hydroxyl groups excluding tert-OH is 1. The molecule has 178 valence electrons. The van der Waals surface area contributed by atoms with Gasteiger partial charge in [-0.25, -0.2) is 0 Å². The van der Waals surface area contributed by atoms with Gasteiger partial charge >= 0.3 is 0 Å². The van der Waals surface area contributed by atoms with Crippen LogP contribution in [-0.2, 0) is 0 Å². The minimum Gasteiger partial charge on any atom is -0.491 e. The lowest BCUT2D eigenvalue weighted by molar-refractivity contribution is 0.0615. The van der Waals surface area contributed by atoms with Crippen molar-refractivity contribution in [3.63, 3.8) is 0 Å². The molecular formula is C29H33NO4. The van der Waals surface area contributed by atoms with Crippen molar-refractivity contribution in [3.05, 3.63) is 95.6 Å². The number of carbonyl (C=O) groups excluding carboxylic acids is 1. The second kappa shape index (κ2) is 10.9. The summed E-state index contributed by atoms with van der Waals surface area (Å²) >= 11 is 0. The molecule has 0 bridgehead atoms. The Bertz CT molecular complexity index is 1040. The van der Waals surface area contributed by atoms with E-state index in [1.54, 1.807) is 18.2 Å². The molecule has 2 N–H and O–H groups in total. The monoisotopic (exact) mass is 459 g/mol. The highest BCUT2D eigenvalue weighted by atomic mass is 16.5. The van der Waals surface area contributed by atoms with E-state index < -0.39 is 11.7 Å². The number of aliphatic hydroxyl groups is 1. The summed E-state index contributed by atoms with van der Waals surface area (Å²) in [4.78, 5) is 12.3. The molecule has 1 aliphatic heterocycles. The standard InChI is InChI=1S/C29H33NO4/c1-29(2)18-27(32)26-14-13-24(17-28(26)34-29)33-20-23(31)19-30-16-15-25(21-9-5-3-6-10-21)22-11-7-4-8-12-22/h3-14,17,23,25,30-31H,15-16,18-20H2,1-2H3/t23-/m1/s1. The number of nitrogens with one attached hydrogen (secondary N) is 1. The number of benzene rings is 3. The summed E-state index contributed by atoms with van der Waals surface area (Å²) in [5.74, 6) is 1.49. The molecule has 5 heteroatoms. The fraction of sp³-hybridized carbons (Fsp3) is 0.345. The average molecular weight is 460 g/mol. The zero-order valence-corrected chi connectivity index (χ0v) is 19.9. The summed E-state index contributed by atoms with van der Waals surface area (Å²) in [6.45, 7) is 5.16. The molecule has 0 amide bonds. The number of rotatable bonds is 10. The van der Waals surface area contributed by atoms with Crippen LogP contribution in [-0.4, -0.2) is 42.3 Å². The Kier molecular flexibility index (Phi) is 7.66. The number of ketones is 1. The number of hydrogen-bond acceptors (Lipinski definition) is 5. The highest BCUT2D eigenvalue weighted by Gasteiger charge is 2.32. The number of Topliss-reactive ketones (excluding diaryl/α,β-unsaturated/α-hetero) is 1. The molecule has 1 aliphatic rings. The van der Waals surface area contributed by atoms with Crippen molar-refractivity contribution in [2.24, 2.45) is 0 Å². The molecule has 1 heterocycles. The number of ether oxygens (including phenoxy) is 2. The van der Waals surface area contributed by atoms with E-state index in [-0.39, 0.29) is 12.4 Å². The zero-order valence-electron chi connectivity index (χ0n) is 19.9. The molecule has 1 atom stereocenters. The molecule has 0 saturated carbocycles. The Morgan fingerprint density at radius 3 is 2.29 bits per heavy atom. The molecular weight excluding hydrogens is 426 g/mol. The van der Waals surface area contributed by atoms with E-state index in [0.29, 0.717) is 35.9 Å². The molecule has 34 heavy (non-hydrogen) atoms. The Morgan fingerprint density at radius 2 is 1.65 bits per heavy atom. The molecule has 3 aromatic carbocycles. The summed E-state index contributed by atoms with van der Waals surface area (Å²) in [7, 11) is 0. The molecule has 3 aromatic rings. The minimum absolute atomic E-state index is 0.0753. The van der Waals surface area contributed by atoms with Crippen LogP contribution in [0.5, 0.6) is 11.5 Å². The van der Waals surface area contributed by atoms with Crippen LogP contribution in [0.25, 0.3) is 0 Å². The lowest BCUT2D eigenvalue weighted by Crippen LogP contribution is -2.36. The molecule has 0 spiro atoms. The lowest BCUT2D eigenvalue weighted by Gasteiger charge is -2.31. The van der Waals surface area contributed by atoms with Crippen LogP contribution in [0.2, 0.25) is 0 Å². The second-order valence-corrected chi connectivity index (χ2v) is 9.45. The van der Waals surface area contributed by atoms with Gasteiger partial charge in [-0.2, -0.15) is 0 Å². The van der Waals surface area contributed by atoms with Crippen LogP contribution in [0.1, 0.15) is 54.1 Å². The topological polar surface area (TPSA) is 67.8 Å². The molecule has 0 radical (unpaired) electrons. The van der Waals surface area contributed by atoms with E-state index in [4.69, 9.17) is 9.47 Å². The Morgan fingerprint density at radius 1 is 1.00 bits per heavy atom. The van der Waals surface area contributed by atoms with Crippen LogP contribution in [0.15, 0.2) is 78.9 Å². The molecule has 0 aromatic heterocycles. The van der Waals surface area contributed by atoms with E-state index in [1.165, 1.54) is 11.1 Å². The molecule has 0 fully saturated rings. The quantitative estimate of drug-likeness (QED) is 0.419. The minimum atomic E-state index is -0.651. The first-order valence-corrected chi connectivity index (χ1v) is 11.9.